The van der Waals surface area contributed by atoms with Crippen LogP contribution in [0.25, 0.3) is 0 Å². The highest BCUT2D eigenvalue weighted by molar-refractivity contribution is 6.03. The summed E-state index contributed by atoms with van der Waals surface area (Å²) in [6.07, 6.45) is 4.85. The van der Waals surface area contributed by atoms with E-state index in [1.165, 1.54) is 6.20 Å². The number of rotatable bonds is 7. The van der Waals surface area contributed by atoms with Gasteiger partial charge in [0, 0.05) is 36.0 Å². The number of benzene rings is 2. The van der Waals surface area contributed by atoms with Gasteiger partial charge < -0.3 is 15.4 Å². The Morgan fingerprint density at radius 1 is 0.867 bits per heavy atom. The molecule has 0 saturated heterocycles. The van der Waals surface area contributed by atoms with Crippen molar-refractivity contribution in [2.75, 3.05) is 10.6 Å². The molecule has 0 fully saturated rings. The average Bonchev–Trinajstić information content (AvgIpc) is 2.79. The number of amides is 1. The Morgan fingerprint density at radius 3 is 2.53 bits per heavy atom. The van der Waals surface area contributed by atoms with Crippen molar-refractivity contribution in [1.29, 1.82) is 0 Å². The molecular weight excluding hydrogens is 378 g/mol. The summed E-state index contributed by atoms with van der Waals surface area (Å²) in [5, 5.41) is 5.88. The minimum absolute atomic E-state index is 0.247. The van der Waals surface area contributed by atoms with E-state index in [-0.39, 0.29) is 11.6 Å². The van der Waals surface area contributed by atoms with E-state index in [2.05, 4.69) is 25.6 Å². The van der Waals surface area contributed by atoms with Crippen molar-refractivity contribution < 1.29 is 9.53 Å². The first-order chi connectivity index (χ1) is 14.8. The molecule has 7 nitrogen and oxygen atoms in total. The minimum Gasteiger partial charge on any atom is -0.489 e. The quantitative estimate of drug-likeness (QED) is 0.479. The number of nitrogens with one attached hydrogen (secondary N) is 2. The van der Waals surface area contributed by atoms with Crippen LogP contribution in [0.15, 0.2) is 91.4 Å². The summed E-state index contributed by atoms with van der Waals surface area (Å²) in [6, 6.07) is 22.3. The van der Waals surface area contributed by atoms with Crippen LogP contribution in [0.1, 0.15) is 16.1 Å². The summed E-state index contributed by atoms with van der Waals surface area (Å²) in [5.74, 6) is 0.656. The molecule has 2 aromatic carbocycles. The normalized spacial score (nSPS) is 10.3. The number of anilines is 3. The van der Waals surface area contributed by atoms with Crippen LogP contribution in [0.4, 0.5) is 17.3 Å². The Bertz CT molecular complexity index is 1120. The Balaban J connectivity index is 1.40. The molecule has 4 aromatic rings. The number of ether oxygens (including phenoxy) is 1. The number of nitrogens with zero attached hydrogens (tertiary/aromatic N) is 3. The zero-order valence-electron chi connectivity index (χ0n) is 16.0. The van der Waals surface area contributed by atoms with E-state index >= 15 is 0 Å². The van der Waals surface area contributed by atoms with Gasteiger partial charge in [0.25, 0.3) is 5.91 Å². The summed E-state index contributed by atoms with van der Waals surface area (Å²) in [4.78, 5) is 25.0. The van der Waals surface area contributed by atoms with Crippen molar-refractivity contribution in [3.63, 3.8) is 0 Å². The van der Waals surface area contributed by atoms with Crippen LogP contribution in [-0.2, 0) is 6.61 Å². The van der Waals surface area contributed by atoms with Crippen LogP contribution in [0.5, 0.6) is 5.75 Å². The van der Waals surface area contributed by atoms with E-state index in [1.807, 2.05) is 42.5 Å². The number of carbonyl (C=O) groups excluding carboxylic acids is 1. The van der Waals surface area contributed by atoms with E-state index in [1.54, 1.807) is 42.7 Å². The molecule has 0 spiro atoms. The molecule has 4 rings (SSSR count). The van der Waals surface area contributed by atoms with Crippen molar-refractivity contribution in [2.45, 2.75) is 6.61 Å². The second-order valence-corrected chi connectivity index (χ2v) is 6.38. The van der Waals surface area contributed by atoms with Crippen LogP contribution >= 0.6 is 0 Å². The van der Waals surface area contributed by atoms with Crippen LogP contribution in [0.2, 0.25) is 0 Å². The smallest absolute Gasteiger partial charge is 0.274 e. The predicted octanol–water partition coefficient (Wildman–Crippen LogP) is 4.45. The van der Waals surface area contributed by atoms with Gasteiger partial charge in [-0.2, -0.15) is 0 Å². The number of pyridine rings is 1. The molecule has 0 radical (unpaired) electrons. The second kappa shape index (κ2) is 9.29. The van der Waals surface area contributed by atoms with Gasteiger partial charge in [0.15, 0.2) is 0 Å². The molecule has 2 N–H and O–H groups in total. The van der Waals surface area contributed by atoms with Crippen molar-refractivity contribution in [2.24, 2.45) is 0 Å². The molecule has 0 aliphatic carbocycles. The lowest BCUT2D eigenvalue weighted by molar-refractivity contribution is 0.102. The first-order valence-electron chi connectivity index (χ1n) is 9.34. The first-order valence-corrected chi connectivity index (χ1v) is 9.34. The topological polar surface area (TPSA) is 89.0 Å². The molecule has 0 atom stereocenters. The zero-order valence-corrected chi connectivity index (χ0v) is 16.0. The Kier molecular flexibility index (Phi) is 5.91. The van der Waals surface area contributed by atoms with Crippen molar-refractivity contribution in [1.82, 2.24) is 15.0 Å². The van der Waals surface area contributed by atoms with Crippen LogP contribution in [-0.4, -0.2) is 20.9 Å². The lowest BCUT2D eigenvalue weighted by Gasteiger charge is -2.10. The van der Waals surface area contributed by atoms with Gasteiger partial charge in [-0.3, -0.25) is 9.78 Å². The van der Waals surface area contributed by atoms with Gasteiger partial charge in [0.2, 0.25) is 5.95 Å². The summed E-state index contributed by atoms with van der Waals surface area (Å²) >= 11 is 0. The minimum atomic E-state index is -0.338. The van der Waals surface area contributed by atoms with Gasteiger partial charge in [0.1, 0.15) is 18.1 Å². The third-order valence-corrected chi connectivity index (χ3v) is 4.16. The van der Waals surface area contributed by atoms with Gasteiger partial charge in [-0.05, 0) is 35.9 Å². The molecule has 2 aromatic heterocycles. The molecule has 0 aliphatic heterocycles. The maximum Gasteiger partial charge on any atom is 0.274 e. The average molecular weight is 397 g/mol. The largest absolute Gasteiger partial charge is 0.489 e. The fourth-order valence-corrected chi connectivity index (χ4v) is 2.71. The van der Waals surface area contributed by atoms with Crippen molar-refractivity contribution >= 4 is 23.2 Å². The van der Waals surface area contributed by atoms with E-state index in [0.29, 0.717) is 24.0 Å². The molecule has 148 valence electrons. The third kappa shape index (κ3) is 5.17. The number of aromatic nitrogens is 3. The molecule has 0 saturated carbocycles. The summed E-state index contributed by atoms with van der Waals surface area (Å²) in [6.45, 7) is 0.453. The summed E-state index contributed by atoms with van der Waals surface area (Å²) in [5.41, 5.74) is 2.72. The third-order valence-electron chi connectivity index (χ3n) is 4.16. The Hall–Kier alpha value is -4.26. The van der Waals surface area contributed by atoms with Crippen LogP contribution in [0, 0.1) is 0 Å². The fourth-order valence-electron chi connectivity index (χ4n) is 2.71. The molecule has 0 unspecified atom stereocenters. The highest BCUT2D eigenvalue weighted by Gasteiger charge is 2.10. The van der Waals surface area contributed by atoms with E-state index < -0.39 is 0 Å². The monoisotopic (exact) mass is 397 g/mol. The number of hydrogen-bond acceptors (Lipinski definition) is 6. The summed E-state index contributed by atoms with van der Waals surface area (Å²) in [7, 11) is 0. The number of carbonyl (C=O) groups is 1. The Labute approximate surface area is 173 Å². The zero-order chi connectivity index (χ0) is 20.6. The van der Waals surface area contributed by atoms with Crippen molar-refractivity contribution in [3.8, 4) is 5.75 Å². The fraction of sp³-hybridized carbons (Fsp3) is 0.0435. The number of hydrogen-bond donors (Lipinski definition) is 2. The molecule has 30 heavy (non-hydrogen) atoms. The molecule has 2 heterocycles. The Morgan fingerprint density at radius 2 is 1.70 bits per heavy atom. The second-order valence-electron chi connectivity index (χ2n) is 6.38. The van der Waals surface area contributed by atoms with E-state index in [9.17, 15) is 4.79 Å². The maximum absolute atomic E-state index is 12.6. The van der Waals surface area contributed by atoms with Gasteiger partial charge >= 0.3 is 0 Å². The highest BCUT2D eigenvalue weighted by atomic mass is 16.5. The van der Waals surface area contributed by atoms with Gasteiger partial charge in [-0.15, -0.1) is 0 Å². The molecule has 0 aliphatic rings. The highest BCUT2D eigenvalue weighted by Crippen LogP contribution is 2.19. The SMILES string of the molecule is O=C(Nc1cccc(OCc2ccccc2)c1)c1ccnc(Nc2ccncc2)n1. The van der Waals surface area contributed by atoms with Crippen LogP contribution < -0.4 is 15.4 Å². The predicted molar refractivity (Wildman–Crippen MR) is 115 cm³/mol. The molecular formula is C23H19N5O2. The summed E-state index contributed by atoms with van der Waals surface area (Å²) < 4.78 is 5.81. The lowest BCUT2D eigenvalue weighted by Crippen LogP contribution is -2.14. The lowest BCUT2D eigenvalue weighted by atomic mass is 10.2. The maximum atomic E-state index is 12.6. The van der Waals surface area contributed by atoms with Crippen molar-refractivity contribution in [3.05, 3.63) is 103 Å². The van der Waals surface area contributed by atoms with Crippen LogP contribution in [0.3, 0.4) is 0 Å². The van der Waals surface area contributed by atoms with Gasteiger partial charge in [0.05, 0.1) is 0 Å². The van der Waals surface area contributed by atoms with E-state index in [0.717, 1.165) is 11.3 Å². The molecule has 1 amide bonds. The first kappa shape index (κ1) is 19.1. The van der Waals surface area contributed by atoms with Gasteiger partial charge in [-0.1, -0.05) is 36.4 Å². The van der Waals surface area contributed by atoms with E-state index in [4.69, 9.17) is 4.74 Å². The molecule has 7 heteroatoms. The van der Waals surface area contributed by atoms with Gasteiger partial charge in [-0.25, -0.2) is 9.97 Å². The molecule has 0 bridgehead atoms. The standard InChI is InChI=1S/C23H19N5O2/c29-22(21-11-14-25-23(28-21)27-18-9-12-24-13-10-18)26-19-7-4-8-20(15-19)30-16-17-5-2-1-3-6-17/h1-15H,16H2,(H,26,29)(H,24,25,27,28).